The summed E-state index contributed by atoms with van der Waals surface area (Å²) in [6.07, 6.45) is 0.410. The van der Waals surface area contributed by atoms with Crippen molar-refractivity contribution in [3.05, 3.63) is 65.8 Å². The minimum atomic E-state index is -1.40. The molecule has 0 spiro atoms. The molecule has 4 rings (SSSR count). The molecule has 5 nitrogen and oxygen atoms in total. The van der Waals surface area contributed by atoms with Gasteiger partial charge in [-0.1, -0.05) is 30.3 Å². The predicted octanol–water partition coefficient (Wildman–Crippen LogP) is 2.81. The molecule has 1 saturated heterocycles. The van der Waals surface area contributed by atoms with Gasteiger partial charge in [-0.2, -0.15) is 0 Å². The quantitative estimate of drug-likeness (QED) is 0.755. The molecule has 0 radical (unpaired) electrons. The van der Waals surface area contributed by atoms with E-state index in [4.69, 9.17) is 4.42 Å². The maximum atomic E-state index is 13.3. The molecule has 0 bridgehead atoms. The highest BCUT2D eigenvalue weighted by Crippen LogP contribution is 2.40. The smallest absolute Gasteiger partial charge is 0.209 e. The molecule has 2 N–H and O–H groups in total. The zero-order valence-electron chi connectivity index (χ0n) is 14.5. The summed E-state index contributed by atoms with van der Waals surface area (Å²) in [6.45, 7) is 2.88. The first kappa shape index (κ1) is 17.1. The third-order valence-corrected chi connectivity index (χ3v) is 5.26. The van der Waals surface area contributed by atoms with Crippen LogP contribution in [0.2, 0.25) is 0 Å². The van der Waals surface area contributed by atoms with Crippen LogP contribution >= 0.6 is 0 Å². The van der Waals surface area contributed by atoms with E-state index in [1.807, 2.05) is 35.2 Å². The standard InChI is InChI=1S/C20H21FN2O3/c1-19(24)9-10-23(13-20(19,25)14-5-3-2-4-6-14)12-18-22-16-11-15(21)7-8-17(16)26-18/h2-8,11,24-25H,9-10,12-13H2,1H3/t19-,20-/m1/s1. The summed E-state index contributed by atoms with van der Waals surface area (Å²) in [4.78, 5) is 6.32. The van der Waals surface area contributed by atoms with Crippen LogP contribution in [0.3, 0.4) is 0 Å². The number of rotatable bonds is 3. The topological polar surface area (TPSA) is 69.7 Å². The first-order chi connectivity index (χ1) is 12.4. The lowest BCUT2D eigenvalue weighted by molar-refractivity contribution is -0.188. The highest BCUT2D eigenvalue weighted by atomic mass is 19.1. The van der Waals surface area contributed by atoms with Crippen molar-refractivity contribution in [3.8, 4) is 0 Å². The number of nitrogens with zero attached hydrogens (tertiary/aromatic N) is 2. The second kappa shape index (κ2) is 6.16. The summed E-state index contributed by atoms with van der Waals surface area (Å²) in [5.41, 5.74) is -0.958. The molecule has 2 aromatic carbocycles. The number of oxazole rings is 1. The van der Waals surface area contributed by atoms with E-state index in [0.717, 1.165) is 0 Å². The fraction of sp³-hybridized carbons (Fsp3) is 0.350. The zero-order chi connectivity index (χ0) is 18.4. The Hall–Kier alpha value is -2.28. The fourth-order valence-corrected chi connectivity index (χ4v) is 3.61. The van der Waals surface area contributed by atoms with Crippen molar-refractivity contribution in [2.75, 3.05) is 13.1 Å². The SMILES string of the molecule is C[C@@]1(O)CCN(Cc2nc3cc(F)ccc3o2)C[C@@]1(O)c1ccccc1. The maximum Gasteiger partial charge on any atom is 0.209 e. The lowest BCUT2D eigenvalue weighted by atomic mass is 9.74. The van der Waals surface area contributed by atoms with Gasteiger partial charge in [0.25, 0.3) is 0 Å². The number of hydrogen-bond donors (Lipinski definition) is 2. The van der Waals surface area contributed by atoms with Crippen LogP contribution in [0.15, 0.2) is 52.9 Å². The fourth-order valence-electron chi connectivity index (χ4n) is 3.61. The molecule has 1 aliphatic heterocycles. The van der Waals surface area contributed by atoms with Gasteiger partial charge in [0.05, 0.1) is 12.1 Å². The predicted molar refractivity (Wildman–Crippen MR) is 94.8 cm³/mol. The summed E-state index contributed by atoms with van der Waals surface area (Å²) >= 11 is 0. The third kappa shape index (κ3) is 2.90. The number of piperidine rings is 1. The number of aromatic nitrogens is 1. The Bertz CT molecular complexity index is 925. The van der Waals surface area contributed by atoms with Crippen LogP contribution in [-0.2, 0) is 12.1 Å². The number of fused-ring (bicyclic) bond motifs is 1. The monoisotopic (exact) mass is 356 g/mol. The van der Waals surface area contributed by atoms with Crippen LogP contribution in [0.5, 0.6) is 0 Å². The van der Waals surface area contributed by atoms with Crippen LogP contribution in [-0.4, -0.2) is 38.8 Å². The van der Waals surface area contributed by atoms with Gasteiger partial charge in [-0.15, -0.1) is 0 Å². The Kier molecular flexibility index (Phi) is 4.06. The molecule has 1 aliphatic rings. The molecule has 2 heterocycles. The van der Waals surface area contributed by atoms with Gasteiger partial charge in [0.2, 0.25) is 5.89 Å². The normalized spacial score (nSPS) is 27.1. The zero-order valence-corrected chi connectivity index (χ0v) is 14.5. The van der Waals surface area contributed by atoms with Crippen molar-refractivity contribution in [1.29, 1.82) is 0 Å². The molecule has 0 amide bonds. The Morgan fingerprint density at radius 2 is 1.96 bits per heavy atom. The number of likely N-dealkylation sites (tertiary alicyclic amines) is 1. The number of benzene rings is 2. The molecule has 0 unspecified atom stereocenters. The lowest BCUT2D eigenvalue weighted by Gasteiger charge is -2.49. The summed E-state index contributed by atoms with van der Waals surface area (Å²) in [5.74, 6) is 0.104. The molecule has 136 valence electrons. The maximum absolute atomic E-state index is 13.3. The van der Waals surface area contributed by atoms with Gasteiger partial charge in [-0.3, -0.25) is 4.90 Å². The van der Waals surface area contributed by atoms with Crippen LogP contribution in [0, 0.1) is 5.82 Å². The van der Waals surface area contributed by atoms with Gasteiger partial charge >= 0.3 is 0 Å². The minimum Gasteiger partial charge on any atom is -0.439 e. The van der Waals surface area contributed by atoms with E-state index in [1.54, 1.807) is 13.0 Å². The third-order valence-electron chi connectivity index (χ3n) is 5.26. The van der Waals surface area contributed by atoms with Crippen molar-refractivity contribution in [1.82, 2.24) is 9.88 Å². The molecule has 26 heavy (non-hydrogen) atoms. The Labute approximate surface area is 150 Å². The van der Waals surface area contributed by atoms with Crippen molar-refractivity contribution >= 4 is 11.1 Å². The van der Waals surface area contributed by atoms with Gasteiger partial charge in [-0.25, -0.2) is 9.37 Å². The van der Waals surface area contributed by atoms with Crippen molar-refractivity contribution in [2.45, 2.75) is 31.1 Å². The van der Waals surface area contributed by atoms with Crippen LogP contribution in [0.25, 0.3) is 11.1 Å². The van der Waals surface area contributed by atoms with Crippen LogP contribution in [0.1, 0.15) is 24.8 Å². The molecule has 1 fully saturated rings. The molecule has 3 aromatic rings. The van der Waals surface area contributed by atoms with Crippen molar-refractivity contribution in [2.24, 2.45) is 0 Å². The summed E-state index contributed by atoms with van der Waals surface area (Å²) in [6, 6.07) is 13.4. The largest absolute Gasteiger partial charge is 0.439 e. The molecule has 0 aliphatic carbocycles. The minimum absolute atomic E-state index is 0.247. The van der Waals surface area contributed by atoms with E-state index in [-0.39, 0.29) is 12.4 Å². The van der Waals surface area contributed by atoms with E-state index < -0.39 is 11.2 Å². The van der Waals surface area contributed by atoms with E-state index in [1.165, 1.54) is 12.1 Å². The number of hydrogen-bond acceptors (Lipinski definition) is 5. The first-order valence-electron chi connectivity index (χ1n) is 8.65. The lowest BCUT2D eigenvalue weighted by Crippen LogP contribution is -2.61. The van der Waals surface area contributed by atoms with E-state index >= 15 is 0 Å². The van der Waals surface area contributed by atoms with Crippen LogP contribution in [0.4, 0.5) is 4.39 Å². The average Bonchev–Trinajstić information content (AvgIpc) is 3.00. The molecular weight excluding hydrogens is 335 g/mol. The summed E-state index contributed by atoms with van der Waals surface area (Å²) < 4.78 is 19.0. The van der Waals surface area contributed by atoms with Crippen molar-refractivity contribution < 1.29 is 19.0 Å². The van der Waals surface area contributed by atoms with E-state index in [2.05, 4.69) is 4.98 Å². The number of aliphatic hydroxyl groups is 2. The Morgan fingerprint density at radius 1 is 1.19 bits per heavy atom. The van der Waals surface area contributed by atoms with E-state index in [9.17, 15) is 14.6 Å². The molecule has 1 aromatic heterocycles. The second-order valence-corrected chi connectivity index (χ2v) is 7.18. The van der Waals surface area contributed by atoms with E-state index in [0.29, 0.717) is 42.1 Å². The van der Waals surface area contributed by atoms with Gasteiger partial charge in [0.15, 0.2) is 5.58 Å². The molecule has 0 saturated carbocycles. The van der Waals surface area contributed by atoms with Gasteiger partial charge in [0.1, 0.15) is 16.9 Å². The first-order valence-corrected chi connectivity index (χ1v) is 8.65. The van der Waals surface area contributed by atoms with Crippen LogP contribution < -0.4 is 0 Å². The van der Waals surface area contributed by atoms with Gasteiger partial charge < -0.3 is 14.6 Å². The highest BCUT2D eigenvalue weighted by Gasteiger charge is 2.51. The molecule has 2 atom stereocenters. The number of halogens is 1. The van der Waals surface area contributed by atoms with Gasteiger partial charge in [-0.05, 0) is 31.0 Å². The summed E-state index contributed by atoms with van der Waals surface area (Å²) in [5, 5.41) is 22.1. The van der Waals surface area contributed by atoms with Gasteiger partial charge in [0, 0.05) is 19.2 Å². The molecular formula is C20H21FN2O3. The Morgan fingerprint density at radius 3 is 2.73 bits per heavy atom. The van der Waals surface area contributed by atoms with Crippen molar-refractivity contribution in [3.63, 3.8) is 0 Å². The average molecular weight is 356 g/mol. The summed E-state index contributed by atoms with van der Waals surface area (Å²) in [7, 11) is 0. The second-order valence-electron chi connectivity index (χ2n) is 7.18. The number of β-amino-alcohol motifs (C(OH)–C–C–N with tert-alkyl or cyclic N) is 1. The highest BCUT2D eigenvalue weighted by molar-refractivity contribution is 5.72. The molecule has 6 heteroatoms. The Balaban J connectivity index is 1.59.